The van der Waals surface area contributed by atoms with Crippen LogP contribution in [0.1, 0.15) is 0 Å². The molecule has 0 aliphatic carbocycles. The summed E-state index contributed by atoms with van der Waals surface area (Å²) in [6.45, 7) is 0. The van der Waals surface area contributed by atoms with Gasteiger partial charge in [0.1, 0.15) is 0 Å². The maximum Gasteiger partial charge on any atom is 0.235 e. The van der Waals surface area contributed by atoms with Gasteiger partial charge in [-0.05, 0) is 46.7 Å². The highest BCUT2D eigenvalue weighted by atomic mass is 31.2. The Hall–Kier alpha value is -6.09. The second-order valence-electron chi connectivity index (χ2n) is 12.5. The van der Waals surface area contributed by atoms with Gasteiger partial charge in [-0.15, -0.1) is 0 Å². The lowest BCUT2D eigenvalue weighted by Gasteiger charge is -2.16. The lowest BCUT2D eigenvalue weighted by molar-refractivity contribution is 0.593. The van der Waals surface area contributed by atoms with E-state index in [9.17, 15) is 0 Å². The lowest BCUT2D eigenvalue weighted by atomic mass is 9.97. The quantitative estimate of drug-likeness (QED) is 0.179. The molecule has 0 radical (unpaired) electrons. The van der Waals surface area contributed by atoms with Crippen molar-refractivity contribution in [1.82, 2.24) is 14.5 Å². The fourth-order valence-electron chi connectivity index (χ4n) is 7.58. The van der Waals surface area contributed by atoms with Crippen LogP contribution in [-0.2, 0) is 4.57 Å². The first kappa shape index (κ1) is 28.0. The van der Waals surface area contributed by atoms with Crippen LogP contribution in [-0.4, -0.2) is 14.5 Å². The molecule has 0 spiro atoms. The van der Waals surface area contributed by atoms with Gasteiger partial charge in [-0.3, -0.25) is 4.57 Å². The van der Waals surface area contributed by atoms with E-state index in [1.54, 1.807) is 0 Å². The topological polar surface area (TPSA) is 47.8 Å². The molecule has 0 N–H and O–H groups in total. The summed E-state index contributed by atoms with van der Waals surface area (Å²) in [6.07, 6.45) is 0. The summed E-state index contributed by atoms with van der Waals surface area (Å²) in [7, 11) is -3.19. The van der Waals surface area contributed by atoms with Crippen LogP contribution in [0, 0.1) is 0 Å². The highest BCUT2D eigenvalue weighted by molar-refractivity contribution is 7.86. The van der Waals surface area contributed by atoms with Gasteiger partial charge in [0.05, 0.1) is 22.4 Å². The molecule has 0 bridgehead atoms. The van der Waals surface area contributed by atoms with Gasteiger partial charge in [0, 0.05) is 43.4 Å². The van der Waals surface area contributed by atoms with Crippen LogP contribution >= 0.6 is 7.14 Å². The molecule has 0 fully saturated rings. The summed E-state index contributed by atoms with van der Waals surface area (Å²) in [5, 5.41) is 6.94. The molecule has 2 aromatic heterocycles. The van der Waals surface area contributed by atoms with Crippen LogP contribution in [0.25, 0.3) is 72.2 Å². The maximum atomic E-state index is 15.7. The molecule has 4 nitrogen and oxygen atoms in total. The Bertz CT molecular complexity index is 2730. The third kappa shape index (κ3) is 4.14. The van der Waals surface area contributed by atoms with Crippen molar-refractivity contribution in [1.29, 1.82) is 0 Å². The Labute approximate surface area is 283 Å². The van der Waals surface area contributed by atoms with Gasteiger partial charge >= 0.3 is 0 Å². The van der Waals surface area contributed by atoms with Crippen LogP contribution in [0.5, 0.6) is 0 Å². The zero-order chi connectivity index (χ0) is 32.5. The second kappa shape index (κ2) is 10.7. The monoisotopic (exact) mass is 645 g/mol. The first-order chi connectivity index (χ1) is 24.2. The van der Waals surface area contributed by atoms with Gasteiger partial charge in [0.25, 0.3) is 0 Å². The molecule has 230 valence electrons. The predicted molar refractivity (Wildman–Crippen MR) is 203 cm³/mol. The molecule has 7 aromatic carbocycles. The highest BCUT2D eigenvalue weighted by Gasteiger charge is 2.41. The van der Waals surface area contributed by atoms with Gasteiger partial charge in [-0.1, -0.05) is 140 Å². The maximum absolute atomic E-state index is 15.7. The minimum Gasteiger partial charge on any atom is -0.309 e. The SMILES string of the molecule is O=P1(c2ccccc2)c2cc3c4ccccc4n(-c4nc(-c5ccccc5)cc(-c5ccccc5)n4)c3cc2-c2c1ccc1ccccc21. The average molecular weight is 646 g/mol. The van der Waals surface area contributed by atoms with E-state index >= 15 is 4.57 Å². The van der Waals surface area contributed by atoms with Gasteiger partial charge < -0.3 is 4.57 Å². The number of hydrogen-bond acceptors (Lipinski definition) is 3. The molecule has 1 aliphatic heterocycles. The molecule has 0 saturated heterocycles. The first-order valence-corrected chi connectivity index (χ1v) is 18.2. The molecular weight excluding hydrogens is 617 g/mol. The average Bonchev–Trinajstić information content (AvgIpc) is 3.64. The van der Waals surface area contributed by atoms with Crippen molar-refractivity contribution >= 4 is 55.6 Å². The Morgan fingerprint density at radius 1 is 0.469 bits per heavy atom. The summed E-state index contributed by atoms with van der Waals surface area (Å²) < 4.78 is 17.9. The number of benzene rings is 7. The minimum absolute atomic E-state index is 0.591. The van der Waals surface area contributed by atoms with Crippen LogP contribution in [0.4, 0.5) is 0 Å². The van der Waals surface area contributed by atoms with Crippen molar-refractivity contribution in [2.24, 2.45) is 0 Å². The van der Waals surface area contributed by atoms with E-state index in [1.165, 1.54) is 0 Å². The third-order valence-corrected chi connectivity index (χ3v) is 12.9. The Kier molecular flexibility index (Phi) is 6.12. The number of para-hydroxylation sites is 1. The summed E-state index contributed by atoms with van der Waals surface area (Å²) >= 11 is 0. The van der Waals surface area contributed by atoms with E-state index in [1.807, 2.05) is 66.7 Å². The van der Waals surface area contributed by atoms with Crippen LogP contribution in [0.15, 0.2) is 170 Å². The minimum atomic E-state index is -3.19. The molecule has 1 unspecified atom stereocenters. The standard InChI is InChI=1S/C44H28N3OP/c48-49(32-19-8-3-9-20-32)41-25-24-29-14-10-11-21-33(29)43(41)36-26-40-35(27-42(36)49)34-22-12-13-23-39(34)47(40)44-45-37(30-15-4-1-5-16-30)28-38(46-44)31-17-6-2-7-18-31/h1-28H. The summed E-state index contributed by atoms with van der Waals surface area (Å²) in [5.74, 6) is 0.591. The molecule has 0 amide bonds. The zero-order valence-corrected chi connectivity index (χ0v) is 27.3. The fourth-order valence-corrected chi connectivity index (χ4v) is 10.7. The van der Waals surface area contributed by atoms with Crippen LogP contribution in [0.2, 0.25) is 0 Å². The van der Waals surface area contributed by atoms with Gasteiger partial charge in [-0.2, -0.15) is 0 Å². The van der Waals surface area contributed by atoms with Gasteiger partial charge in [-0.25, -0.2) is 9.97 Å². The predicted octanol–water partition coefficient (Wildman–Crippen LogP) is 9.68. The van der Waals surface area contributed by atoms with Crippen molar-refractivity contribution in [3.05, 3.63) is 170 Å². The van der Waals surface area contributed by atoms with Crippen molar-refractivity contribution in [3.63, 3.8) is 0 Å². The number of hydrogen-bond donors (Lipinski definition) is 0. The van der Waals surface area contributed by atoms with Crippen LogP contribution < -0.4 is 15.9 Å². The van der Waals surface area contributed by atoms with Crippen molar-refractivity contribution in [2.45, 2.75) is 0 Å². The Balaban J connectivity index is 1.33. The van der Waals surface area contributed by atoms with Crippen molar-refractivity contribution in [3.8, 4) is 39.6 Å². The third-order valence-electron chi connectivity index (χ3n) is 9.82. The highest BCUT2D eigenvalue weighted by Crippen LogP contribution is 2.55. The van der Waals surface area contributed by atoms with E-state index in [4.69, 9.17) is 9.97 Å². The molecule has 5 heteroatoms. The van der Waals surface area contributed by atoms with Crippen molar-refractivity contribution < 1.29 is 4.57 Å². The lowest BCUT2D eigenvalue weighted by Crippen LogP contribution is -2.20. The number of rotatable bonds is 4. The van der Waals surface area contributed by atoms with E-state index in [-0.39, 0.29) is 0 Å². The van der Waals surface area contributed by atoms with E-state index in [0.29, 0.717) is 5.95 Å². The van der Waals surface area contributed by atoms with Crippen molar-refractivity contribution in [2.75, 3.05) is 0 Å². The van der Waals surface area contributed by atoms with E-state index in [2.05, 4.69) is 108 Å². The zero-order valence-electron chi connectivity index (χ0n) is 26.4. The summed E-state index contributed by atoms with van der Waals surface area (Å²) in [6, 6.07) is 58.0. The molecule has 49 heavy (non-hydrogen) atoms. The number of aromatic nitrogens is 3. The molecule has 0 saturated carbocycles. The Morgan fingerprint density at radius 2 is 1.06 bits per heavy atom. The molecule has 3 heterocycles. The van der Waals surface area contributed by atoms with Crippen LogP contribution in [0.3, 0.4) is 0 Å². The molecular formula is C44H28N3OP. The van der Waals surface area contributed by atoms with E-state index in [0.717, 1.165) is 82.1 Å². The molecule has 10 rings (SSSR count). The smallest absolute Gasteiger partial charge is 0.235 e. The van der Waals surface area contributed by atoms with Gasteiger partial charge in [0.15, 0.2) is 7.14 Å². The first-order valence-electron chi connectivity index (χ1n) is 16.4. The molecule has 1 aliphatic rings. The Morgan fingerprint density at radius 3 is 1.76 bits per heavy atom. The van der Waals surface area contributed by atoms with E-state index < -0.39 is 7.14 Å². The number of fused-ring (bicyclic) bond motifs is 8. The fraction of sp³-hybridized carbons (Fsp3) is 0. The summed E-state index contributed by atoms with van der Waals surface area (Å²) in [4.78, 5) is 10.5. The number of nitrogens with zero attached hydrogens (tertiary/aromatic N) is 3. The summed E-state index contributed by atoms with van der Waals surface area (Å²) in [5.41, 5.74) is 7.76. The largest absolute Gasteiger partial charge is 0.309 e. The second-order valence-corrected chi connectivity index (χ2v) is 15.2. The molecule has 9 aromatic rings. The molecule has 1 atom stereocenters. The van der Waals surface area contributed by atoms with Gasteiger partial charge in [0.2, 0.25) is 5.95 Å². The normalized spacial score (nSPS) is 15.1.